The molecule has 1 aromatic carbocycles. The first kappa shape index (κ1) is 14.1. The fraction of sp³-hybridized carbons (Fsp3) is 0.333. The first-order valence-electron chi connectivity index (χ1n) is 8.01. The summed E-state index contributed by atoms with van der Waals surface area (Å²) in [7, 11) is 0. The fourth-order valence-electron chi connectivity index (χ4n) is 2.99. The number of hydrogen-bond acceptors (Lipinski definition) is 3. The minimum Gasteiger partial charge on any atom is -0.459 e. The molecule has 2 heterocycles. The Morgan fingerprint density at radius 2 is 2.09 bits per heavy atom. The monoisotopic (exact) mass is 310 g/mol. The van der Waals surface area contributed by atoms with Crippen molar-refractivity contribution in [1.29, 1.82) is 0 Å². The van der Waals surface area contributed by atoms with Gasteiger partial charge in [-0.1, -0.05) is 6.07 Å². The van der Waals surface area contributed by atoms with Crippen molar-refractivity contribution < 1.29 is 14.0 Å². The van der Waals surface area contributed by atoms with E-state index in [1.54, 1.807) is 17.0 Å². The van der Waals surface area contributed by atoms with Crippen LogP contribution in [0.1, 0.15) is 35.4 Å². The molecule has 1 N–H and O–H groups in total. The molecule has 23 heavy (non-hydrogen) atoms. The summed E-state index contributed by atoms with van der Waals surface area (Å²) < 4.78 is 5.24. The molecule has 2 amide bonds. The summed E-state index contributed by atoms with van der Waals surface area (Å²) in [5.74, 6) is 0.434. The van der Waals surface area contributed by atoms with Gasteiger partial charge in [-0.05, 0) is 55.5 Å². The van der Waals surface area contributed by atoms with Gasteiger partial charge in [0.25, 0.3) is 5.91 Å². The largest absolute Gasteiger partial charge is 0.459 e. The SMILES string of the molecule is O=C(Nc1ccc2c(c1)N(C(=O)c1ccco1)CCC2)C1CC1. The Kier molecular flexibility index (Phi) is 3.41. The van der Waals surface area contributed by atoms with E-state index in [2.05, 4.69) is 5.32 Å². The van der Waals surface area contributed by atoms with Crippen molar-refractivity contribution in [3.8, 4) is 0 Å². The average Bonchev–Trinajstić information content (AvgIpc) is 3.28. The number of furan rings is 1. The standard InChI is InChI=1S/C18H18N2O3/c21-17(13-5-6-13)19-14-8-7-12-3-1-9-20(15(12)11-14)18(22)16-4-2-10-23-16/h2,4,7-8,10-11,13H,1,3,5-6,9H2,(H,19,21). The van der Waals surface area contributed by atoms with Crippen LogP contribution in [0.4, 0.5) is 11.4 Å². The highest BCUT2D eigenvalue weighted by Gasteiger charge is 2.30. The molecule has 0 saturated heterocycles. The van der Waals surface area contributed by atoms with Gasteiger partial charge in [-0.2, -0.15) is 0 Å². The molecule has 2 aromatic rings. The van der Waals surface area contributed by atoms with Crippen molar-refractivity contribution in [2.45, 2.75) is 25.7 Å². The molecule has 0 bridgehead atoms. The van der Waals surface area contributed by atoms with Crippen LogP contribution in [0.2, 0.25) is 0 Å². The molecule has 0 radical (unpaired) electrons. The zero-order valence-corrected chi connectivity index (χ0v) is 12.7. The number of fused-ring (bicyclic) bond motifs is 1. The number of hydrogen-bond donors (Lipinski definition) is 1. The van der Waals surface area contributed by atoms with Gasteiger partial charge in [0.05, 0.1) is 6.26 Å². The number of aryl methyl sites for hydroxylation is 1. The van der Waals surface area contributed by atoms with Gasteiger partial charge < -0.3 is 14.6 Å². The number of benzene rings is 1. The van der Waals surface area contributed by atoms with Crippen LogP contribution >= 0.6 is 0 Å². The van der Waals surface area contributed by atoms with Gasteiger partial charge >= 0.3 is 0 Å². The minimum absolute atomic E-state index is 0.0738. The Labute approximate surface area is 134 Å². The van der Waals surface area contributed by atoms with E-state index < -0.39 is 0 Å². The lowest BCUT2D eigenvalue weighted by molar-refractivity contribution is -0.117. The van der Waals surface area contributed by atoms with Crippen LogP contribution in [-0.2, 0) is 11.2 Å². The van der Waals surface area contributed by atoms with Crippen LogP contribution in [0.15, 0.2) is 41.0 Å². The van der Waals surface area contributed by atoms with Gasteiger partial charge in [-0.25, -0.2) is 0 Å². The number of nitrogens with one attached hydrogen (secondary N) is 1. The third-order valence-electron chi connectivity index (χ3n) is 4.40. The Bertz CT molecular complexity index is 748. The number of nitrogens with zero attached hydrogens (tertiary/aromatic N) is 1. The molecule has 1 aliphatic heterocycles. The van der Waals surface area contributed by atoms with E-state index in [-0.39, 0.29) is 17.7 Å². The van der Waals surface area contributed by atoms with Gasteiger partial charge in [0, 0.05) is 23.8 Å². The predicted molar refractivity (Wildman–Crippen MR) is 86.5 cm³/mol. The van der Waals surface area contributed by atoms with Crippen molar-refractivity contribution in [3.63, 3.8) is 0 Å². The summed E-state index contributed by atoms with van der Waals surface area (Å²) in [6.45, 7) is 0.659. The molecule has 1 saturated carbocycles. The topological polar surface area (TPSA) is 62.6 Å². The smallest absolute Gasteiger partial charge is 0.293 e. The fourth-order valence-corrected chi connectivity index (χ4v) is 2.99. The molecule has 1 fully saturated rings. The van der Waals surface area contributed by atoms with E-state index in [1.807, 2.05) is 18.2 Å². The van der Waals surface area contributed by atoms with Gasteiger partial charge in [-0.15, -0.1) is 0 Å². The Balaban J connectivity index is 1.62. The number of amides is 2. The van der Waals surface area contributed by atoms with Crippen LogP contribution in [0.3, 0.4) is 0 Å². The molecule has 5 heteroatoms. The molecule has 1 aromatic heterocycles. The number of carbonyl (C=O) groups is 2. The second-order valence-electron chi connectivity index (χ2n) is 6.14. The van der Waals surface area contributed by atoms with Crippen molar-refractivity contribution in [3.05, 3.63) is 47.9 Å². The van der Waals surface area contributed by atoms with Crippen LogP contribution in [0, 0.1) is 5.92 Å². The molecular formula is C18H18N2O3. The van der Waals surface area contributed by atoms with E-state index >= 15 is 0 Å². The molecule has 0 unspecified atom stereocenters. The molecule has 0 atom stereocenters. The highest BCUT2D eigenvalue weighted by Crippen LogP contribution is 2.33. The summed E-state index contributed by atoms with van der Waals surface area (Å²) in [6.07, 6.45) is 5.31. The lowest BCUT2D eigenvalue weighted by Gasteiger charge is -2.29. The van der Waals surface area contributed by atoms with Gasteiger partial charge in [0.2, 0.25) is 5.91 Å². The number of anilines is 2. The zero-order chi connectivity index (χ0) is 15.8. The van der Waals surface area contributed by atoms with E-state index in [9.17, 15) is 9.59 Å². The van der Waals surface area contributed by atoms with Crippen molar-refractivity contribution in [2.75, 3.05) is 16.8 Å². The first-order valence-corrected chi connectivity index (χ1v) is 8.01. The maximum absolute atomic E-state index is 12.6. The summed E-state index contributed by atoms with van der Waals surface area (Å²) in [5, 5.41) is 2.95. The third kappa shape index (κ3) is 2.74. The molecular weight excluding hydrogens is 292 g/mol. The molecule has 1 aliphatic carbocycles. The third-order valence-corrected chi connectivity index (χ3v) is 4.40. The highest BCUT2D eigenvalue weighted by atomic mass is 16.3. The van der Waals surface area contributed by atoms with Crippen molar-refractivity contribution in [1.82, 2.24) is 0 Å². The van der Waals surface area contributed by atoms with E-state index in [4.69, 9.17) is 4.42 Å². The summed E-state index contributed by atoms with van der Waals surface area (Å²) in [4.78, 5) is 26.3. The maximum Gasteiger partial charge on any atom is 0.293 e. The normalized spacial score (nSPS) is 16.8. The summed E-state index contributed by atoms with van der Waals surface area (Å²) >= 11 is 0. The first-order chi connectivity index (χ1) is 11.2. The van der Waals surface area contributed by atoms with E-state index in [0.29, 0.717) is 12.3 Å². The zero-order valence-electron chi connectivity index (χ0n) is 12.7. The van der Waals surface area contributed by atoms with Crippen molar-refractivity contribution >= 4 is 23.2 Å². The second kappa shape index (κ2) is 5.57. The minimum atomic E-state index is -0.137. The number of carbonyl (C=O) groups excluding carboxylic acids is 2. The molecule has 2 aliphatic rings. The van der Waals surface area contributed by atoms with Gasteiger partial charge in [0.1, 0.15) is 0 Å². The predicted octanol–water partition coefficient (Wildman–Crippen LogP) is 3.22. The molecule has 4 rings (SSSR count). The Hall–Kier alpha value is -2.56. The van der Waals surface area contributed by atoms with Crippen LogP contribution in [-0.4, -0.2) is 18.4 Å². The maximum atomic E-state index is 12.6. The average molecular weight is 310 g/mol. The van der Waals surface area contributed by atoms with E-state index in [1.165, 1.54) is 6.26 Å². The molecule has 5 nitrogen and oxygen atoms in total. The van der Waals surface area contributed by atoms with Gasteiger partial charge in [0.15, 0.2) is 5.76 Å². The summed E-state index contributed by atoms with van der Waals surface area (Å²) in [5.41, 5.74) is 2.74. The van der Waals surface area contributed by atoms with E-state index in [0.717, 1.165) is 42.6 Å². The van der Waals surface area contributed by atoms with Crippen molar-refractivity contribution in [2.24, 2.45) is 5.92 Å². The highest BCUT2D eigenvalue weighted by molar-refractivity contribution is 6.05. The van der Waals surface area contributed by atoms with Crippen LogP contribution in [0.5, 0.6) is 0 Å². The lowest BCUT2D eigenvalue weighted by Crippen LogP contribution is -2.35. The number of rotatable bonds is 3. The van der Waals surface area contributed by atoms with Crippen LogP contribution in [0.25, 0.3) is 0 Å². The Morgan fingerprint density at radius 3 is 2.83 bits per heavy atom. The summed E-state index contributed by atoms with van der Waals surface area (Å²) in [6, 6.07) is 9.20. The quantitative estimate of drug-likeness (QED) is 0.946. The lowest BCUT2D eigenvalue weighted by atomic mass is 10.0. The Morgan fingerprint density at radius 1 is 1.22 bits per heavy atom. The van der Waals surface area contributed by atoms with Crippen LogP contribution < -0.4 is 10.2 Å². The van der Waals surface area contributed by atoms with Gasteiger partial charge in [-0.3, -0.25) is 9.59 Å². The molecule has 118 valence electrons. The second-order valence-corrected chi connectivity index (χ2v) is 6.14. The molecule has 0 spiro atoms.